The van der Waals surface area contributed by atoms with E-state index >= 15 is 0 Å². The summed E-state index contributed by atoms with van der Waals surface area (Å²) >= 11 is 1.58. The first-order valence-corrected chi connectivity index (χ1v) is 6.09. The maximum atomic E-state index is 13.4. The summed E-state index contributed by atoms with van der Waals surface area (Å²) in [6.07, 6.45) is 0. The standard InChI is InChI=1S/C13H12FNOS/c1-15(9-10-5-4-8-17-10)13(16)11-6-2-3-7-12(11)14/h2-8H,9H2,1H3. The topological polar surface area (TPSA) is 20.3 Å². The molecule has 0 unspecified atom stereocenters. The van der Waals surface area contributed by atoms with Gasteiger partial charge in [0.2, 0.25) is 0 Å². The van der Waals surface area contributed by atoms with Crippen molar-refractivity contribution in [3.63, 3.8) is 0 Å². The van der Waals surface area contributed by atoms with Crippen LogP contribution in [0.15, 0.2) is 41.8 Å². The van der Waals surface area contributed by atoms with Crippen LogP contribution in [0.3, 0.4) is 0 Å². The molecule has 1 aromatic carbocycles. The predicted molar refractivity (Wildman–Crippen MR) is 66.5 cm³/mol. The molecule has 0 aliphatic rings. The molecule has 1 heterocycles. The molecule has 0 radical (unpaired) electrons. The van der Waals surface area contributed by atoms with Crippen LogP contribution >= 0.6 is 11.3 Å². The van der Waals surface area contributed by atoms with E-state index in [4.69, 9.17) is 0 Å². The smallest absolute Gasteiger partial charge is 0.256 e. The van der Waals surface area contributed by atoms with Gasteiger partial charge >= 0.3 is 0 Å². The van der Waals surface area contributed by atoms with Gasteiger partial charge in [-0.25, -0.2) is 4.39 Å². The van der Waals surface area contributed by atoms with E-state index in [1.807, 2.05) is 17.5 Å². The highest BCUT2D eigenvalue weighted by Gasteiger charge is 2.15. The summed E-state index contributed by atoms with van der Waals surface area (Å²) in [6.45, 7) is 0.505. The Labute approximate surface area is 103 Å². The molecule has 0 aliphatic heterocycles. The molecule has 0 N–H and O–H groups in total. The second kappa shape index (κ2) is 5.10. The van der Waals surface area contributed by atoms with Crippen molar-refractivity contribution < 1.29 is 9.18 Å². The van der Waals surface area contributed by atoms with Gasteiger partial charge in [-0.2, -0.15) is 0 Å². The Morgan fingerprint density at radius 1 is 1.29 bits per heavy atom. The molecule has 17 heavy (non-hydrogen) atoms. The third kappa shape index (κ3) is 2.71. The van der Waals surface area contributed by atoms with Crippen LogP contribution in [0.4, 0.5) is 4.39 Å². The fourth-order valence-corrected chi connectivity index (χ4v) is 2.31. The fraction of sp³-hybridized carbons (Fsp3) is 0.154. The predicted octanol–water partition coefficient (Wildman–Crippen LogP) is 3.16. The molecular formula is C13H12FNOS. The van der Waals surface area contributed by atoms with E-state index in [1.165, 1.54) is 17.0 Å². The van der Waals surface area contributed by atoms with E-state index in [0.29, 0.717) is 6.54 Å². The normalized spacial score (nSPS) is 10.2. The van der Waals surface area contributed by atoms with Crippen LogP contribution in [0.2, 0.25) is 0 Å². The van der Waals surface area contributed by atoms with Crippen LogP contribution < -0.4 is 0 Å². The number of benzene rings is 1. The van der Waals surface area contributed by atoms with E-state index in [0.717, 1.165) is 4.88 Å². The quantitative estimate of drug-likeness (QED) is 0.818. The zero-order chi connectivity index (χ0) is 12.3. The number of rotatable bonds is 3. The van der Waals surface area contributed by atoms with Crippen molar-refractivity contribution in [2.24, 2.45) is 0 Å². The average Bonchev–Trinajstić information content (AvgIpc) is 2.81. The largest absolute Gasteiger partial charge is 0.336 e. The van der Waals surface area contributed by atoms with Crippen LogP contribution in [0.5, 0.6) is 0 Å². The molecule has 2 nitrogen and oxygen atoms in total. The first-order chi connectivity index (χ1) is 8.18. The van der Waals surface area contributed by atoms with E-state index in [2.05, 4.69) is 0 Å². The number of nitrogens with zero attached hydrogens (tertiary/aromatic N) is 1. The molecule has 0 bridgehead atoms. The Morgan fingerprint density at radius 3 is 2.71 bits per heavy atom. The molecule has 0 spiro atoms. The number of thiophene rings is 1. The van der Waals surface area contributed by atoms with Gasteiger partial charge in [0.05, 0.1) is 12.1 Å². The van der Waals surface area contributed by atoms with E-state index in [9.17, 15) is 9.18 Å². The summed E-state index contributed by atoms with van der Waals surface area (Å²) in [5, 5.41) is 1.96. The highest BCUT2D eigenvalue weighted by molar-refractivity contribution is 7.09. The highest BCUT2D eigenvalue weighted by Crippen LogP contribution is 2.14. The molecule has 0 aliphatic carbocycles. The van der Waals surface area contributed by atoms with Crippen molar-refractivity contribution in [1.82, 2.24) is 4.90 Å². The lowest BCUT2D eigenvalue weighted by Crippen LogP contribution is -2.26. The lowest BCUT2D eigenvalue weighted by molar-refractivity contribution is 0.0782. The van der Waals surface area contributed by atoms with Gasteiger partial charge in [-0.1, -0.05) is 18.2 Å². The number of amides is 1. The van der Waals surface area contributed by atoms with Crippen LogP contribution in [0, 0.1) is 5.82 Å². The van der Waals surface area contributed by atoms with Crippen molar-refractivity contribution in [3.05, 3.63) is 58.0 Å². The highest BCUT2D eigenvalue weighted by atomic mass is 32.1. The summed E-state index contributed by atoms with van der Waals surface area (Å²) in [7, 11) is 1.68. The second-order valence-electron chi connectivity index (χ2n) is 3.72. The fourth-order valence-electron chi connectivity index (χ4n) is 1.55. The first-order valence-electron chi connectivity index (χ1n) is 5.21. The Hall–Kier alpha value is -1.68. The van der Waals surface area contributed by atoms with Crippen molar-refractivity contribution in [1.29, 1.82) is 0 Å². The van der Waals surface area contributed by atoms with Crippen molar-refractivity contribution in [2.45, 2.75) is 6.54 Å². The first kappa shape index (κ1) is 11.8. The van der Waals surface area contributed by atoms with Crippen LogP contribution in [0.25, 0.3) is 0 Å². The second-order valence-corrected chi connectivity index (χ2v) is 4.75. The van der Waals surface area contributed by atoms with Gasteiger partial charge in [0.25, 0.3) is 5.91 Å². The minimum atomic E-state index is -0.476. The lowest BCUT2D eigenvalue weighted by atomic mass is 10.2. The van der Waals surface area contributed by atoms with Crippen molar-refractivity contribution in [3.8, 4) is 0 Å². The molecule has 2 rings (SSSR count). The molecule has 4 heteroatoms. The summed E-state index contributed by atoms with van der Waals surface area (Å²) < 4.78 is 13.4. The zero-order valence-corrected chi connectivity index (χ0v) is 10.2. The molecule has 88 valence electrons. The van der Waals surface area contributed by atoms with E-state index in [-0.39, 0.29) is 11.5 Å². The summed E-state index contributed by atoms with van der Waals surface area (Å²) in [6, 6.07) is 9.92. The molecular weight excluding hydrogens is 237 g/mol. The molecule has 1 amide bonds. The van der Waals surface area contributed by atoms with Crippen molar-refractivity contribution >= 4 is 17.2 Å². The van der Waals surface area contributed by atoms with Crippen LogP contribution in [0.1, 0.15) is 15.2 Å². The molecule has 0 saturated heterocycles. The van der Waals surface area contributed by atoms with Crippen molar-refractivity contribution in [2.75, 3.05) is 7.05 Å². The summed E-state index contributed by atoms with van der Waals surface area (Å²) in [5.41, 5.74) is 0.117. The number of carbonyl (C=O) groups is 1. The third-order valence-electron chi connectivity index (χ3n) is 2.42. The maximum absolute atomic E-state index is 13.4. The summed E-state index contributed by atoms with van der Waals surface area (Å²) in [5.74, 6) is -0.771. The summed E-state index contributed by atoms with van der Waals surface area (Å²) in [4.78, 5) is 14.6. The monoisotopic (exact) mass is 249 g/mol. The van der Waals surface area contributed by atoms with Gasteiger partial charge in [-0.3, -0.25) is 4.79 Å². The number of hydrogen-bond donors (Lipinski definition) is 0. The minimum absolute atomic E-state index is 0.117. The number of halogens is 1. The Balaban J connectivity index is 2.13. The van der Waals surface area contributed by atoms with Gasteiger partial charge in [-0.15, -0.1) is 11.3 Å². The Morgan fingerprint density at radius 2 is 2.06 bits per heavy atom. The molecule has 0 atom stereocenters. The average molecular weight is 249 g/mol. The zero-order valence-electron chi connectivity index (χ0n) is 9.39. The SMILES string of the molecule is CN(Cc1cccs1)C(=O)c1ccccc1F. The minimum Gasteiger partial charge on any atom is -0.336 e. The Bertz CT molecular complexity index is 510. The number of carbonyl (C=O) groups excluding carboxylic acids is 1. The molecule has 0 saturated carbocycles. The Kier molecular flexibility index (Phi) is 3.54. The molecule has 2 aromatic rings. The van der Waals surface area contributed by atoms with Crippen LogP contribution in [-0.2, 0) is 6.54 Å². The van der Waals surface area contributed by atoms with Gasteiger partial charge < -0.3 is 4.90 Å². The van der Waals surface area contributed by atoms with E-state index in [1.54, 1.807) is 30.5 Å². The van der Waals surface area contributed by atoms with Crippen LogP contribution in [-0.4, -0.2) is 17.9 Å². The number of hydrogen-bond acceptors (Lipinski definition) is 2. The molecule has 1 aromatic heterocycles. The van der Waals surface area contributed by atoms with Gasteiger partial charge in [0.15, 0.2) is 0 Å². The van der Waals surface area contributed by atoms with E-state index < -0.39 is 5.82 Å². The lowest BCUT2D eigenvalue weighted by Gasteiger charge is -2.16. The van der Waals surface area contributed by atoms with Gasteiger partial charge in [0, 0.05) is 11.9 Å². The van der Waals surface area contributed by atoms with Gasteiger partial charge in [0.1, 0.15) is 5.82 Å². The molecule has 0 fully saturated rings. The van der Waals surface area contributed by atoms with Gasteiger partial charge in [-0.05, 0) is 23.6 Å². The maximum Gasteiger partial charge on any atom is 0.256 e. The third-order valence-corrected chi connectivity index (χ3v) is 3.29.